The first kappa shape index (κ1) is 12.6. The molecule has 98 valence electrons. The van der Waals surface area contributed by atoms with Crippen LogP contribution in [0.3, 0.4) is 0 Å². The normalized spacial score (nSPS) is 21.5. The molecule has 2 aromatic rings. The quantitative estimate of drug-likeness (QED) is 0.842. The number of halogens is 3. The van der Waals surface area contributed by atoms with Crippen LogP contribution in [0.25, 0.3) is 0 Å². The van der Waals surface area contributed by atoms with Gasteiger partial charge in [-0.2, -0.15) is 0 Å². The van der Waals surface area contributed by atoms with Crippen LogP contribution in [0, 0.1) is 11.6 Å². The van der Waals surface area contributed by atoms with E-state index in [0.717, 1.165) is 5.56 Å². The van der Waals surface area contributed by atoms with E-state index in [9.17, 15) is 13.9 Å². The van der Waals surface area contributed by atoms with Crippen LogP contribution in [0.15, 0.2) is 36.4 Å². The Hall–Kier alpha value is -1.45. The molecular weight excluding hydrogens is 270 g/mol. The van der Waals surface area contributed by atoms with Crippen LogP contribution in [-0.2, 0) is 12.0 Å². The second-order valence-electron chi connectivity index (χ2n) is 4.79. The lowest BCUT2D eigenvalue weighted by Gasteiger charge is -2.25. The van der Waals surface area contributed by atoms with Gasteiger partial charge in [-0.05, 0) is 54.3 Å². The van der Waals surface area contributed by atoms with Crippen LogP contribution < -0.4 is 0 Å². The van der Waals surface area contributed by atoms with Gasteiger partial charge in [-0.1, -0.05) is 17.7 Å². The first-order valence-electron chi connectivity index (χ1n) is 5.97. The Morgan fingerprint density at radius 2 is 1.68 bits per heavy atom. The lowest BCUT2D eigenvalue weighted by molar-refractivity contribution is 0.0827. The molecule has 19 heavy (non-hydrogen) atoms. The van der Waals surface area contributed by atoms with Crippen molar-refractivity contribution in [2.24, 2.45) is 0 Å². The molecule has 2 aromatic carbocycles. The molecule has 1 atom stereocenters. The van der Waals surface area contributed by atoms with Crippen LogP contribution in [0.4, 0.5) is 8.78 Å². The molecule has 0 aliphatic heterocycles. The molecule has 0 saturated carbocycles. The van der Waals surface area contributed by atoms with Gasteiger partial charge in [-0.15, -0.1) is 0 Å². The minimum absolute atomic E-state index is 0.307. The molecule has 1 nitrogen and oxygen atoms in total. The second kappa shape index (κ2) is 4.29. The predicted octanol–water partition coefficient (Wildman–Crippen LogP) is 3.80. The highest BCUT2D eigenvalue weighted by Crippen LogP contribution is 2.44. The summed E-state index contributed by atoms with van der Waals surface area (Å²) in [5, 5.41) is 11.1. The lowest BCUT2D eigenvalue weighted by atomic mass is 9.88. The van der Waals surface area contributed by atoms with Crippen molar-refractivity contribution in [2.45, 2.75) is 18.4 Å². The van der Waals surface area contributed by atoms with Crippen LogP contribution in [0.2, 0.25) is 5.02 Å². The smallest absolute Gasteiger partial charge is 0.123 e. The lowest BCUT2D eigenvalue weighted by Crippen LogP contribution is -2.24. The average Bonchev–Trinajstić information content (AvgIpc) is 2.70. The fourth-order valence-corrected chi connectivity index (χ4v) is 2.99. The Kier molecular flexibility index (Phi) is 2.84. The maximum Gasteiger partial charge on any atom is 0.123 e. The topological polar surface area (TPSA) is 20.2 Å². The monoisotopic (exact) mass is 280 g/mol. The Labute approximate surface area is 114 Å². The minimum atomic E-state index is -1.35. The molecular formula is C15H11ClF2O. The minimum Gasteiger partial charge on any atom is -0.380 e. The summed E-state index contributed by atoms with van der Waals surface area (Å²) in [6.45, 7) is 0. The zero-order valence-electron chi connectivity index (χ0n) is 9.96. The maximum absolute atomic E-state index is 13.4. The standard InChI is InChI=1S/C15H11ClF2O/c16-14-4-2-11(18)8-13(14)15(19)6-5-9-7-10(17)1-3-12(9)15/h1-4,7-8,19H,5-6H2. The molecule has 4 heteroatoms. The molecule has 1 aliphatic carbocycles. The van der Waals surface area contributed by atoms with Gasteiger partial charge in [-0.3, -0.25) is 0 Å². The highest BCUT2D eigenvalue weighted by molar-refractivity contribution is 6.31. The SMILES string of the molecule is OC1(c2cc(F)ccc2Cl)CCc2cc(F)ccc21. The Morgan fingerprint density at radius 3 is 2.47 bits per heavy atom. The summed E-state index contributed by atoms with van der Waals surface area (Å²) in [7, 11) is 0. The average molecular weight is 281 g/mol. The van der Waals surface area contributed by atoms with Gasteiger partial charge in [0.25, 0.3) is 0 Å². The van der Waals surface area contributed by atoms with E-state index in [0.29, 0.717) is 29.0 Å². The maximum atomic E-state index is 13.4. The van der Waals surface area contributed by atoms with Crippen molar-refractivity contribution >= 4 is 11.6 Å². The summed E-state index contributed by atoms with van der Waals surface area (Å²) < 4.78 is 26.6. The summed E-state index contributed by atoms with van der Waals surface area (Å²) >= 11 is 6.06. The summed E-state index contributed by atoms with van der Waals surface area (Å²) in [6, 6.07) is 8.14. The van der Waals surface area contributed by atoms with Gasteiger partial charge in [0.2, 0.25) is 0 Å². The van der Waals surface area contributed by atoms with Crippen molar-refractivity contribution < 1.29 is 13.9 Å². The van der Waals surface area contributed by atoms with E-state index in [-0.39, 0.29) is 5.82 Å². The van der Waals surface area contributed by atoms with Gasteiger partial charge in [0.15, 0.2) is 0 Å². The Morgan fingerprint density at radius 1 is 1.00 bits per heavy atom. The molecule has 1 aliphatic rings. The van der Waals surface area contributed by atoms with E-state index < -0.39 is 11.4 Å². The molecule has 0 spiro atoms. The summed E-state index contributed by atoms with van der Waals surface area (Å²) in [4.78, 5) is 0. The molecule has 0 amide bonds. The third kappa shape index (κ3) is 1.94. The van der Waals surface area contributed by atoms with Gasteiger partial charge < -0.3 is 5.11 Å². The van der Waals surface area contributed by atoms with Crippen molar-refractivity contribution in [3.63, 3.8) is 0 Å². The van der Waals surface area contributed by atoms with Gasteiger partial charge >= 0.3 is 0 Å². The zero-order chi connectivity index (χ0) is 13.6. The zero-order valence-corrected chi connectivity index (χ0v) is 10.7. The van der Waals surface area contributed by atoms with Crippen molar-refractivity contribution in [2.75, 3.05) is 0 Å². The third-order valence-corrected chi connectivity index (χ3v) is 3.97. The largest absolute Gasteiger partial charge is 0.380 e. The number of rotatable bonds is 1. The molecule has 1 N–H and O–H groups in total. The molecule has 0 bridgehead atoms. The molecule has 0 aromatic heterocycles. The number of hydrogen-bond donors (Lipinski definition) is 1. The van der Waals surface area contributed by atoms with Crippen LogP contribution in [0.1, 0.15) is 23.1 Å². The van der Waals surface area contributed by atoms with E-state index in [1.165, 1.54) is 30.3 Å². The number of fused-ring (bicyclic) bond motifs is 1. The van der Waals surface area contributed by atoms with E-state index >= 15 is 0 Å². The second-order valence-corrected chi connectivity index (χ2v) is 5.19. The molecule has 0 heterocycles. The van der Waals surface area contributed by atoms with Gasteiger partial charge in [0, 0.05) is 10.6 Å². The van der Waals surface area contributed by atoms with Gasteiger partial charge in [0.05, 0.1) is 0 Å². The highest BCUT2D eigenvalue weighted by atomic mass is 35.5. The molecule has 0 radical (unpaired) electrons. The number of benzene rings is 2. The predicted molar refractivity (Wildman–Crippen MR) is 69.1 cm³/mol. The van der Waals surface area contributed by atoms with E-state index in [2.05, 4.69) is 0 Å². The van der Waals surface area contributed by atoms with Crippen molar-refractivity contribution in [1.29, 1.82) is 0 Å². The summed E-state index contributed by atoms with van der Waals surface area (Å²) in [5.41, 5.74) is 0.325. The Balaban J connectivity index is 2.19. The summed E-state index contributed by atoms with van der Waals surface area (Å²) in [6.07, 6.45) is 0.908. The number of aryl methyl sites for hydroxylation is 1. The van der Waals surface area contributed by atoms with Crippen molar-refractivity contribution in [1.82, 2.24) is 0 Å². The summed E-state index contributed by atoms with van der Waals surface area (Å²) in [5.74, 6) is -0.795. The van der Waals surface area contributed by atoms with E-state index in [1.54, 1.807) is 6.07 Å². The fraction of sp³-hybridized carbons (Fsp3) is 0.200. The number of hydrogen-bond acceptors (Lipinski definition) is 1. The molecule has 1 unspecified atom stereocenters. The Bertz CT molecular complexity index is 657. The van der Waals surface area contributed by atoms with Crippen LogP contribution in [-0.4, -0.2) is 5.11 Å². The van der Waals surface area contributed by atoms with Crippen molar-refractivity contribution in [3.05, 3.63) is 69.7 Å². The van der Waals surface area contributed by atoms with Crippen LogP contribution in [0.5, 0.6) is 0 Å². The third-order valence-electron chi connectivity index (χ3n) is 3.64. The molecule has 3 rings (SSSR count). The fourth-order valence-electron chi connectivity index (χ4n) is 2.72. The first-order chi connectivity index (χ1) is 9.00. The molecule has 0 fully saturated rings. The number of aliphatic hydroxyl groups is 1. The first-order valence-corrected chi connectivity index (χ1v) is 6.35. The van der Waals surface area contributed by atoms with Gasteiger partial charge in [0.1, 0.15) is 17.2 Å². The van der Waals surface area contributed by atoms with Crippen molar-refractivity contribution in [3.8, 4) is 0 Å². The highest BCUT2D eigenvalue weighted by Gasteiger charge is 2.40. The van der Waals surface area contributed by atoms with Crippen LogP contribution >= 0.6 is 11.6 Å². The van der Waals surface area contributed by atoms with E-state index in [1.807, 2.05) is 0 Å². The van der Waals surface area contributed by atoms with E-state index in [4.69, 9.17) is 11.6 Å². The van der Waals surface area contributed by atoms with Gasteiger partial charge in [-0.25, -0.2) is 8.78 Å². The molecule has 0 saturated heterocycles.